The summed E-state index contributed by atoms with van der Waals surface area (Å²) in [6.07, 6.45) is 4.99. The van der Waals surface area contributed by atoms with Crippen LogP contribution in [0, 0.1) is 0 Å². The Kier molecular flexibility index (Phi) is 5.56. The Bertz CT molecular complexity index is 510. The van der Waals surface area contributed by atoms with Crippen molar-refractivity contribution in [1.29, 1.82) is 0 Å². The molecule has 0 aliphatic carbocycles. The minimum atomic E-state index is 0.377. The molecule has 1 N–H and O–H groups in total. The predicted molar refractivity (Wildman–Crippen MR) is 87.4 cm³/mol. The zero-order valence-electron chi connectivity index (χ0n) is 12.5. The molecule has 4 heteroatoms. The number of nitrogens with zero attached hydrogens (tertiary/aromatic N) is 2. The number of aromatic nitrogens is 1. The number of hydrogen-bond acceptors (Lipinski definition) is 4. The fourth-order valence-corrected chi connectivity index (χ4v) is 3.05. The second kappa shape index (κ2) is 7.41. The monoisotopic (exact) mass is 289 g/mol. The van der Waals surface area contributed by atoms with Gasteiger partial charge in [0.25, 0.3) is 0 Å². The highest BCUT2D eigenvalue weighted by atomic mass is 32.1. The van der Waals surface area contributed by atoms with E-state index in [1.165, 1.54) is 16.1 Å². The summed E-state index contributed by atoms with van der Waals surface area (Å²) in [4.78, 5) is 7.98. The van der Waals surface area contributed by atoms with Gasteiger partial charge in [0, 0.05) is 42.1 Å². The van der Waals surface area contributed by atoms with Gasteiger partial charge in [-0.2, -0.15) is 0 Å². The first-order valence-corrected chi connectivity index (χ1v) is 8.01. The molecule has 0 fully saturated rings. The normalized spacial score (nSPS) is 12.3. The molecule has 3 nitrogen and oxygen atoms in total. The third-order valence-electron chi connectivity index (χ3n) is 3.54. The van der Waals surface area contributed by atoms with E-state index < -0.39 is 0 Å². The van der Waals surface area contributed by atoms with E-state index in [1.54, 1.807) is 0 Å². The smallest absolute Gasteiger partial charge is 0.0603 e. The molecule has 0 saturated carbocycles. The topological polar surface area (TPSA) is 28.2 Å². The molecule has 0 aliphatic rings. The first kappa shape index (κ1) is 15.0. The molecule has 0 aromatic carbocycles. The van der Waals surface area contributed by atoms with E-state index in [4.69, 9.17) is 0 Å². The summed E-state index contributed by atoms with van der Waals surface area (Å²) in [5.41, 5.74) is 2.51. The first-order valence-electron chi connectivity index (χ1n) is 7.14. The van der Waals surface area contributed by atoms with Crippen LogP contribution in [-0.4, -0.2) is 18.6 Å². The van der Waals surface area contributed by atoms with Crippen molar-refractivity contribution in [2.75, 3.05) is 18.5 Å². The maximum atomic E-state index is 4.26. The maximum Gasteiger partial charge on any atom is 0.0603 e. The Morgan fingerprint density at radius 3 is 2.95 bits per heavy atom. The molecule has 0 radical (unpaired) electrons. The molecule has 2 heterocycles. The summed E-state index contributed by atoms with van der Waals surface area (Å²) in [6, 6.07) is 6.79. The van der Waals surface area contributed by atoms with Gasteiger partial charge in [-0.15, -0.1) is 11.3 Å². The molecule has 1 unspecified atom stereocenters. The van der Waals surface area contributed by atoms with Gasteiger partial charge in [0.2, 0.25) is 0 Å². The van der Waals surface area contributed by atoms with Gasteiger partial charge in [0.1, 0.15) is 0 Å². The lowest BCUT2D eigenvalue weighted by molar-refractivity contribution is 0.667. The molecule has 1 atom stereocenters. The lowest BCUT2D eigenvalue weighted by Gasteiger charge is -2.28. The molecule has 0 saturated heterocycles. The van der Waals surface area contributed by atoms with Crippen LogP contribution >= 0.6 is 11.3 Å². The standard InChI is InChI=1S/C16H23N3S/c1-4-8-17-11-14-12-18-9-7-15(14)19(3)13(2)16-6-5-10-20-16/h5-7,9-10,12-13,17H,4,8,11H2,1-3H3. The van der Waals surface area contributed by atoms with Crippen LogP contribution in [0.2, 0.25) is 0 Å². The van der Waals surface area contributed by atoms with Crippen LogP contribution < -0.4 is 10.2 Å². The molecule has 0 bridgehead atoms. The Hall–Kier alpha value is -1.39. The minimum absolute atomic E-state index is 0.377. The van der Waals surface area contributed by atoms with Gasteiger partial charge in [-0.25, -0.2) is 0 Å². The molecule has 20 heavy (non-hydrogen) atoms. The number of anilines is 1. The average Bonchev–Trinajstić information content (AvgIpc) is 3.01. The SMILES string of the molecule is CCCNCc1cnccc1N(C)C(C)c1cccs1. The van der Waals surface area contributed by atoms with E-state index in [-0.39, 0.29) is 0 Å². The van der Waals surface area contributed by atoms with E-state index in [0.717, 1.165) is 19.5 Å². The van der Waals surface area contributed by atoms with Gasteiger partial charge in [-0.05, 0) is 37.4 Å². The van der Waals surface area contributed by atoms with Crippen molar-refractivity contribution in [2.24, 2.45) is 0 Å². The summed E-state index contributed by atoms with van der Waals surface area (Å²) in [5, 5.41) is 5.59. The molecule has 0 amide bonds. The highest BCUT2D eigenvalue weighted by Gasteiger charge is 2.15. The minimum Gasteiger partial charge on any atom is -0.367 e. The Balaban J connectivity index is 2.14. The van der Waals surface area contributed by atoms with Crippen molar-refractivity contribution in [3.05, 3.63) is 46.4 Å². The molecule has 108 valence electrons. The van der Waals surface area contributed by atoms with Crippen LogP contribution in [0.15, 0.2) is 36.0 Å². The fraction of sp³-hybridized carbons (Fsp3) is 0.438. The summed E-state index contributed by atoms with van der Waals surface area (Å²) in [5.74, 6) is 0. The van der Waals surface area contributed by atoms with Crippen molar-refractivity contribution >= 4 is 17.0 Å². The summed E-state index contributed by atoms with van der Waals surface area (Å²) in [7, 11) is 2.16. The quantitative estimate of drug-likeness (QED) is 0.785. The van der Waals surface area contributed by atoms with Gasteiger partial charge in [0.15, 0.2) is 0 Å². The number of nitrogens with one attached hydrogen (secondary N) is 1. The van der Waals surface area contributed by atoms with E-state index in [9.17, 15) is 0 Å². The van der Waals surface area contributed by atoms with Gasteiger partial charge in [0.05, 0.1) is 6.04 Å². The zero-order chi connectivity index (χ0) is 14.4. The van der Waals surface area contributed by atoms with Crippen LogP contribution in [0.25, 0.3) is 0 Å². The summed E-state index contributed by atoms with van der Waals surface area (Å²) < 4.78 is 0. The van der Waals surface area contributed by atoms with Gasteiger partial charge in [-0.3, -0.25) is 4.98 Å². The van der Waals surface area contributed by atoms with Crippen LogP contribution in [0.3, 0.4) is 0 Å². The third kappa shape index (κ3) is 3.58. The van der Waals surface area contributed by atoms with Crippen molar-refractivity contribution in [3.8, 4) is 0 Å². The van der Waals surface area contributed by atoms with Crippen molar-refractivity contribution < 1.29 is 0 Å². The molecule has 2 aromatic heterocycles. The lowest BCUT2D eigenvalue weighted by Crippen LogP contribution is -2.24. The van der Waals surface area contributed by atoms with Crippen molar-refractivity contribution in [1.82, 2.24) is 10.3 Å². The maximum absolute atomic E-state index is 4.26. The highest BCUT2D eigenvalue weighted by Crippen LogP contribution is 2.29. The highest BCUT2D eigenvalue weighted by molar-refractivity contribution is 7.10. The number of thiophene rings is 1. The number of pyridine rings is 1. The van der Waals surface area contributed by atoms with E-state index in [0.29, 0.717) is 6.04 Å². The van der Waals surface area contributed by atoms with Crippen LogP contribution in [0.1, 0.15) is 36.8 Å². The Morgan fingerprint density at radius 2 is 2.25 bits per heavy atom. The second-order valence-electron chi connectivity index (χ2n) is 4.98. The van der Waals surface area contributed by atoms with E-state index in [1.807, 2.05) is 23.7 Å². The van der Waals surface area contributed by atoms with Crippen molar-refractivity contribution in [2.45, 2.75) is 32.9 Å². The third-order valence-corrected chi connectivity index (χ3v) is 4.58. The summed E-state index contributed by atoms with van der Waals surface area (Å²) >= 11 is 1.81. The van der Waals surface area contributed by atoms with Crippen molar-refractivity contribution in [3.63, 3.8) is 0 Å². The predicted octanol–water partition coefficient (Wildman–Crippen LogP) is 3.84. The number of hydrogen-bond donors (Lipinski definition) is 1. The van der Waals surface area contributed by atoms with E-state index >= 15 is 0 Å². The average molecular weight is 289 g/mol. The molecule has 2 rings (SSSR count). The van der Waals surface area contributed by atoms with Gasteiger partial charge in [-0.1, -0.05) is 13.0 Å². The number of rotatable bonds is 7. The molecule has 0 spiro atoms. The van der Waals surface area contributed by atoms with Gasteiger partial charge < -0.3 is 10.2 Å². The van der Waals surface area contributed by atoms with Crippen LogP contribution in [-0.2, 0) is 6.54 Å². The largest absolute Gasteiger partial charge is 0.367 e. The molecular weight excluding hydrogens is 266 g/mol. The summed E-state index contributed by atoms with van der Waals surface area (Å²) in [6.45, 7) is 6.34. The Morgan fingerprint density at radius 1 is 1.40 bits per heavy atom. The van der Waals surface area contributed by atoms with Gasteiger partial charge >= 0.3 is 0 Å². The molecular formula is C16H23N3S. The lowest BCUT2D eigenvalue weighted by atomic mass is 10.1. The fourth-order valence-electron chi connectivity index (χ4n) is 2.23. The first-order chi connectivity index (χ1) is 9.74. The molecule has 2 aromatic rings. The zero-order valence-corrected chi connectivity index (χ0v) is 13.3. The van der Waals surface area contributed by atoms with E-state index in [2.05, 4.69) is 59.7 Å². The Labute approximate surface area is 125 Å². The van der Waals surface area contributed by atoms with Crippen LogP contribution in [0.4, 0.5) is 5.69 Å². The molecule has 0 aliphatic heterocycles. The second-order valence-corrected chi connectivity index (χ2v) is 5.96. The van der Waals surface area contributed by atoms with Crippen LogP contribution in [0.5, 0.6) is 0 Å².